The lowest BCUT2D eigenvalue weighted by Crippen LogP contribution is -2.21. The first-order valence-corrected chi connectivity index (χ1v) is 9.38. The second kappa shape index (κ2) is 8.97. The van der Waals surface area contributed by atoms with Gasteiger partial charge in [-0.05, 0) is 30.5 Å². The van der Waals surface area contributed by atoms with Gasteiger partial charge < -0.3 is 9.15 Å². The van der Waals surface area contributed by atoms with E-state index in [-0.39, 0.29) is 23.2 Å². The number of thioether (sulfide) groups is 1. The van der Waals surface area contributed by atoms with E-state index in [0.29, 0.717) is 10.5 Å². The molecule has 0 atom stereocenters. The average Bonchev–Trinajstić information content (AvgIpc) is 3.20. The molecule has 0 aliphatic rings. The topological polar surface area (TPSA) is 137 Å². The van der Waals surface area contributed by atoms with E-state index in [1.807, 2.05) is 6.07 Å². The van der Waals surface area contributed by atoms with Crippen molar-refractivity contribution in [3.63, 3.8) is 0 Å². The number of benzene rings is 2. The third kappa shape index (κ3) is 4.96. The number of hydrogen-bond donors (Lipinski definition) is 1. The Morgan fingerprint density at radius 1 is 1.21 bits per heavy atom. The highest BCUT2D eigenvalue weighted by Crippen LogP contribution is 2.28. The van der Waals surface area contributed by atoms with Crippen molar-refractivity contribution in [3.8, 4) is 11.5 Å². The van der Waals surface area contributed by atoms with Gasteiger partial charge in [-0.25, -0.2) is 4.79 Å². The molecule has 2 aromatic carbocycles. The van der Waals surface area contributed by atoms with Gasteiger partial charge in [-0.1, -0.05) is 23.3 Å². The molecular weight excluding hydrogens is 400 g/mol. The summed E-state index contributed by atoms with van der Waals surface area (Å²) in [5.41, 5.74) is 0.435. The number of anilines is 1. The Morgan fingerprint density at radius 2 is 1.97 bits per heavy atom. The Labute approximate surface area is 168 Å². The number of carbonyl (C=O) groups excluding carboxylic acids is 2. The summed E-state index contributed by atoms with van der Waals surface area (Å²) < 4.78 is 10.2. The van der Waals surface area contributed by atoms with Crippen LogP contribution < -0.4 is 5.32 Å². The molecule has 148 valence electrons. The number of carbonyl (C=O) groups is 2. The van der Waals surface area contributed by atoms with Crippen LogP contribution in [0.2, 0.25) is 0 Å². The van der Waals surface area contributed by atoms with Crippen LogP contribution in [0, 0.1) is 10.1 Å². The van der Waals surface area contributed by atoms with E-state index in [2.05, 4.69) is 15.5 Å². The molecule has 1 N–H and O–H groups in total. The summed E-state index contributed by atoms with van der Waals surface area (Å²) in [6.07, 6.45) is 1.69. The van der Waals surface area contributed by atoms with Crippen LogP contribution in [0.5, 0.6) is 0 Å². The highest BCUT2D eigenvalue weighted by Gasteiger charge is 2.19. The highest BCUT2D eigenvalue weighted by molar-refractivity contribution is 7.98. The van der Waals surface area contributed by atoms with Crippen molar-refractivity contribution in [2.24, 2.45) is 0 Å². The fourth-order valence-corrected chi connectivity index (χ4v) is 2.85. The number of nitro groups is 1. The van der Waals surface area contributed by atoms with Crippen LogP contribution in [-0.2, 0) is 9.53 Å². The molecule has 0 saturated carbocycles. The van der Waals surface area contributed by atoms with Crippen molar-refractivity contribution < 1.29 is 23.7 Å². The zero-order valence-electron chi connectivity index (χ0n) is 15.0. The van der Waals surface area contributed by atoms with Crippen LogP contribution in [0.4, 0.5) is 11.7 Å². The Hall–Kier alpha value is -3.73. The van der Waals surface area contributed by atoms with Gasteiger partial charge in [0.1, 0.15) is 0 Å². The second-order valence-corrected chi connectivity index (χ2v) is 6.39. The van der Waals surface area contributed by atoms with E-state index in [1.54, 1.807) is 30.5 Å². The molecule has 3 aromatic rings. The Bertz CT molecular complexity index is 1050. The zero-order chi connectivity index (χ0) is 20.8. The van der Waals surface area contributed by atoms with Crippen LogP contribution in [0.3, 0.4) is 0 Å². The number of esters is 1. The quantitative estimate of drug-likeness (QED) is 0.267. The first-order valence-electron chi connectivity index (χ1n) is 8.16. The lowest BCUT2D eigenvalue weighted by molar-refractivity contribution is -0.387. The van der Waals surface area contributed by atoms with Gasteiger partial charge in [0.05, 0.1) is 15.4 Å². The van der Waals surface area contributed by atoms with Crippen molar-refractivity contribution in [2.45, 2.75) is 4.90 Å². The summed E-state index contributed by atoms with van der Waals surface area (Å²) in [7, 11) is 0. The molecule has 0 radical (unpaired) electrons. The molecule has 1 aromatic heterocycles. The summed E-state index contributed by atoms with van der Waals surface area (Å²) in [5.74, 6) is -1.35. The molecular formula is C18H14N4O6S. The van der Waals surface area contributed by atoms with Gasteiger partial charge >= 0.3 is 12.0 Å². The fourth-order valence-electron chi connectivity index (χ4n) is 2.30. The standard InChI is InChI=1S/C18H14N4O6S/c1-29-14-8-7-12(9-13(14)22(25)26)17(24)27-10-15(23)19-18-21-20-16(28-18)11-5-3-2-4-6-11/h2-9H,10H2,1H3,(H,19,21,23). The van der Waals surface area contributed by atoms with E-state index in [1.165, 1.54) is 23.9 Å². The molecule has 0 bridgehead atoms. The second-order valence-electron chi connectivity index (χ2n) is 5.55. The Kier molecular flexibility index (Phi) is 6.19. The van der Waals surface area contributed by atoms with Crippen LogP contribution in [0.15, 0.2) is 57.8 Å². The monoisotopic (exact) mass is 414 g/mol. The molecule has 0 aliphatic heterocycles. The van der Waals surface area contributed by atoms with Gasteiger partial charge in [0, 0.05) is 11.6 Å². The minimum absolute atomic E-state index is 0.0357. The molecule has 29 heavy (non-hydrogen) atoms. The van der Waals surface area contributed by atoms with E-state index >= 15 is 0 Å². The number of nitrogens with one attached hydrogen (secondary N) is 1. The zero-order valence-corrected chi connectivity index (χ0v) is 15.8. The van der Waals surface area contributed by atoms with Crippen LogP contribution in [0.1, 0.15) is 10.4 Å². The van der Waals surface area contributed by atoms with Crippen molar-refractivity contribution in [1.82, 2.24) is 10.2 Å². The average molecular weight is 414 g/mol. The van der Waals surface area contributed by atoms with Crippen molar-refractivity contribution in [2.75, 3.05) is 18.2 Å². The minimum atomic E-state index is -0.869. The lowest BCUT2D eigenvalue weighted by Gasteiger charge is -2.05. The number of rotatable bonds is 7. The minimum Gasteiger partial charge on any atom is -0.452 e. The van der Waals surface area contributed by atoms with E-state index < -0.39 is 23.4 Å². The molecule has 10 nitrogen and oxygen atoms in total. The molecule has 0 aliphatic carbocycles. The number of nitrogens with zero attached hydrogens (tertiary/aromatic N) is 3. The molecule has 0 fully saturated rings. The third-order valence-corrected chi connectivity index (χ3v) is 4.42. The van der Waals surface area contributed by atoms with Gasteiger partial charge in [0.15, 0.2) is 6.61 Å². The number of ether oxygens (including phenoxy) is 1. The lowest BCUT2D eigenvalue weighted by atomic mass is 10.2. The van der Waals surface area contributed by atoms with Gasteiger partial charge in [-0.15, -0.1) is 16.9 Å². The molecule has 1 amide bonds. The van der Waals surface area contributed by atoms with Crippen molar-refractivity contribution >= 4 is 35.3 Å². The smallest absolute Gasteiger partial charge is 0.338 e. The Balaban J connectivity index is 1.58. The maximum Gasteiger partial charge on any atom is 0.338 e. The van der Waals surface area contributed by atoms with E-state index in [9.17, 15) is 19.7 Å². The summed E-state index contributed by atoms with van der Waals surface area (Å²) in [5, 5.41) is 20.9. The summed E-state index contributed by atoms with van der Waals surface area (Å²) in [4.78, 5) is 34.9. The number of amides is 1. The normalized spacial score (nSPS) is 10.4. The van der Waals surface area contributed by atoms with Gasteiger partial charge in [-0.2, -0.15) is 0 Å². The highest BCUT2D eigenvalue weighted by atomic mass is 32.2. The number of hydrogen-bond acceptors (Lipinski definition) is 9. The molecule has 11 heteroatoms. The summed E-state index contributed by atoms with van der Waals surface area (Å²) in [6.45, 7) is -0.625. The Morgan fingerprint density at radius 3 is 2.66 bits per heavy atom. The fraction of sp³-hybridized carbons (Fsp3) is 0.111. The molecule has 3 rings (SSSR count). The van der Waals surface area contributed by atoms with Gasteiger partial charge in [0.25, 0.3) is 11.6 Å². The molecule has 1 heterocycles. The summed E-state index contributed by atoms with van der Waals surface area (Å²) >= 11 is 1.18. The van der Waals surface area contributed by atoms with Crippen LogP contribution in [-0.4, -0.2) is 39.9 Å². The van der Waals surface area contributed by atoms with Crippen LogP contribution >= 0.6 is 11.8 Å². The van der Waals surface area contributed by atoms with Gasteiger partial charge in [-0.3, -0.25) is 20.2 Å². The van der Waals surface area contributed by atoms with E-state index in [0.717, 1.165) is 6.07 Å². The van der Waals surface area contributed by atoms with Crippen molar-refractivity contribution in [1.29, 1.82) is 0 Å². The maximum absolute atomic E-state index is 12.1. The van der Waals surface area contributed by atoms with Crippen molar-refractivity contribution in [3.05, 3.63) is 64.2 Å². The predicted octanol–water partition coefficient (Wildman–Crippen LogP) is 3.16. The van der Waals surface area contributed by atoms with Gasteiger partial charge in [0.2, 0.25) is 5.89 Å². The summed E-state index contributed by atoms with van der Waals surface area (Å²) in [6, 6.07) is 12.8. The first kappa shape index (κ1) is 20.0. The third-order valence-electron chi connectivity index (χ3n) is 3.64. The molecule has 0 unspecified atom stereocenters. The van der Waals surface area contributed by atoms with E-state index in [4.69, 9.17) is 9.15 Å². The maximum atomic E-state index is 12.1. The molecule has 0 spiro atoms. The SMILES string of the molecule is CSc1ccc(C(=O)OCC(=O)Nc2nnc(-c3ccccc3)o2)cc1[N+](=O)[O-]. The molecule has 0 saturated heterocycles. The van der Waals surface area contributed by atoms with Crippen LogP contribution in [0.25, 0.3) is 11.5 Å². The predicted molar refractivity (Wildman–Crippen MR) is 104 cm³/mol. The largest absolute Gasteiger partial charge is 0.452 e. The number of aromatic nitrogens is 2. The first-order chi connectivity index (χ1) is 14.0. The number of nitro benzene ring substituents is 1.